The second kappa shape index (κ2) is 14.7. The number of methoxy groups -OCH3 is 3. The molecule has 0 spiro atoms. The van der Waals surface area contributed by atoms with Gasteiger partial charge in [-0.25, -0.2) is 28.5 Å². The van der Waals surface area contributed by atoms with Crippen LogP contribution in [0.3, 0.4) is 0 Å². The monoisotopic (exact) mass is 825 g/mol. The van der Waals surface area contributed by atoms with E-state index in [1.165, 1.54) is 41.3 Å². The number of aromatic nitrogens is 5. The zero-order chi connectivity index (χ0) is 42.9. The number of rotatable bonds is 10. The molecule has 16 heteroatoms. The highest BCUT2D eigenvalue weighted by Crippen LogP contribution is 2.62. The molecule has 4 atom stereocenters. The summed E-state index contributed by atoms with van der Waals surface area (Å²) in [6, 6.07) is 23.6. The van der Waals surface area contributed by atoms with Gasteiger partial charge < -0.3 is 23.9 Å². The quantitative estimate of drug-likeness (QED) is 0.151. The number of fused-ring (bicyclic) bond motifs is 5. The largest absolute Gasteiger partial charge is 0.508 e. The fourth-order valence-electron chi connectivity index (χ4n) is 9.58. The molecule has 1 aliphatic carbocycles. The van der Waals surface area contributed by atoms with Crippen molar-refractivity contribution >= 4 is 28.5 Å². The van der Waals surface area contributed by atoms with Crippen LogP contribution in [0.1, 0.15) is 40.8 Å². The molecule has 61 heavy (non-hydrogen) atoms. The molecule has 2 N–H and O–H groups in total. The number of nitrogens with zero attached hydrogens (tertiary/aromatic N) is 6. The number of allylic oxidation sites excluding steroid dienone is 2. The Balaban J connectivity index is 1.17. The number of hydrogen-bond donors (Lipinski definition) is 2. The van der Waals surface area contributed by atoms with Gasteiger partial charge in [-0.05, 0) is 42.7 Å². The van der Waals surface area contributed by atoms with Crippen LogP contribution in [0.25, 0.3) is 11.0 Å². The van der Waals surface area contributed by atoms with Gasteiger partial charge in [0.25, 0.3) is 17.4 Å². The molecule has 2 aliphatic heterocycles. The maximum atomic E-state index is 15.4. The number of aromatic hydroxyl groups is 1. The van der Waals surface area contributed by atoms with Gasteiger partial charge in [0.15, 0.2) is 11.5 Å². The molecule has 1 saturated carbocycles. The number of aryl methyl sites for hydroxylation is 3. The Hall–Kier alpha value is -7.36. The molecular weight excluding hydrogens is 783 g/mol. The van der Waals surface area contributed by atoms with Gasteiger partial charge in [-0.3, -0.25) is 19.8 Å². The van der Waals surface area contributed by atoms with Gasteiger partial charge in [0.2, 0.25) is 0 Å². The lowest BCUT2D eigenvalue weighted by Crippen LogP contribution is -2.53. The van der Waals surface area contributed by atoms with Gasteiger partial charge in [-0.15, -0.1) is 0 Å². The number of hydrazine groups is 1. The number of carbonyl (C=O) groups is 2. The van der Waals surface area contributed by atoms with E-state index in [1.54, 1.807) is 67.7 Å². The van der Waals surface area contributed by atoms with Crippen molar-refractivity contribution in [2.45, 2.75) is 50.2 Å². The first-order valence-electron chi connectivity index (χ1n) is 19.8. The van der Waals surface area contributed by atoms with Crippen molar-refractivity contribution in [2.75, 3.05) is 26.8 Å². The van der Waals surface area contributed by atoms with Gasteiger partial charge in [-0.1, -0.05) is 60.2 Å². The lowest BCUT2D eigenvalue weighted by molar-refractivity contribution is -0.138. The van der Waals surface area contributed by atoms with E-state index < -0.39 is 52.0 Å². The highest BCUT2D eigenvalue weighted by Gasteiger charge is 2.69. The van der Waals surface area contributed by atoms with E-state index in [-0.39, 0.29) is 37.4 Å². The number of benzene rings is 4. The Bertz CT molecular complexity index is 2980. The number of carbonyl (C=O) groups excluding carboxylic acids is 2. The van der Waals surface area contributed by atoms with Crippen molar-refractivity contribution < 1.29 is 28.9 Å². The second-order valence-corrected chi connectivity index (χ2v) is 15.6. The zero-order valence-electron chi connectivity index (χ0n) is 34.1. The summed E-state index contributed by atoms with van der Waals surface area (Å²) in [5.74, 6) is -2.03. The summed E-state index contributed by atoms with van der Waals surface area (Å²) in [5.41, 5.74) is 3.93. The molecule has 6 aromatic rings. The smallest absolute Gasteiger partial charge is 0.347 e. The van der Waals surface area contributed by atoms with E-state index in [0.717, 1.165) is 15.1 Å². The summed E-state index contributed by atoms with van der Waals surface area (Å²) < 4.78 is 21.5. The van der Waals surface area contributed by atoms with Crippen LogP contribution in [-0.2, 0) is 41.6 Å². The fourth-order valence-corrected chi connectivity index (χ4v) is 9.58. The third-order valence-corrected chi connectivity index (χ3v) is 12.5. The van der Waals surface area contributed by atoms with Crippen molar-refractivity contribution in [1.82, 2.24) is 28.5 Å². The van der Waals surface area contributed by atoms with Crippen LogP contribution in [0, 0.1) is 12.8 Å². The number of phenols is 1. The van der Waals surface area contributed by atoms with Crippen molar-refractivity contribution in [2.24, 2.45) is 13.0 Å². The Kier molecular flexibility index (Phi) is 9.44. The molecule has 4 aromatic carbocycles. The molecule has 1 saturated heterocycles. The maximum absolute atomic E-state index is 15.4. The van der Waals surface area contributed by atoms with E-state index in [0.29, 0.717) is 50.7 Å². The van der Waals surface area contributed by atoms with Crippen molar-refractivity contribution in [1.29, 1.82) is 0 Å². The maximum Gasteiger partial charge on any atom is 0.347 e. The lowest BCUT2D eigenvalue weighted by Gasteiger charge is -2.49. The van der Waals surface area contributed by atoms with Crippen LogP contribution >= 0.6 is 0 Å². The summed E-state index contributed by atoms with van der Waals surface area (Å²) in [7, 11) is 6.07. The Labute approximate surface area is 348 Å². The van der Waals surface area contributed by atoms with Gasteiger partial charge in [0.1, 0.15) is 17.2 Å². The molecule has 3 aliphatic rings. The van der Waals surface area contributed by atoms with Gasteiger partial charge in [0.05, 0.1) is 62.0 Å². The number of amides is 2. The number of imide groups is 1. The molecule has 2 amide bonds. The van der Waals surface area contributed by atoms with Gasteiger partial charge in [0, 0.05) is 49.7 Å². The molecule has 2 aromatic heterocycles. The van der Waals surface area contributed by atoms with E-state index in [2.05, 4.69) is 10.4 Å². The minimum absolute atomic E-state index is 0.0216. The normalized spacial score (nSPS) is 20.5. The Morgan fingerprint density at radius 3 is 2.28 bits per heavy atom. The number of nitrogens with one attached hydrogen (secondary N) is 1. The first-order chi connectivity index (χ1) is 29.4. The number of phenolic OH excluding ortho intramolecular Hbond substituents is 1. The summed E-state index contributed by atoms with van der Waals surface area (Å²) in [4.78, 5) is 77.3. The third-order valence-electron chi connectivity index (χ3n) is 12.5. The zero-order valence-corrected chi connectivity index (χ0v) is 34.1. The van der Waals surface area contributed by atoms with Crippen LogP contribution < -0.4 is 36.6 Å². The predicted octanol–water partition coefficient (Wildman–Crippen LogP) is 3.96. The molecular formula is C45H43N7O9. The fraction of sp³-hybridized carbons (Fsp3) is 0.289. The number of ether oxygens (including phenoxy) is 3. The van der Waals surface area contributed by atoms with Gasteiger partial charge in [-0.2, -0.15) is 5.01 Å². The van der Waals surface area contributed by atoms with E-state index >= 15 is 4.79 Å². The first-order valence-corrected chi connectivity index (χ1v) is 19.8. The number of hydrogen-bond acceptors (Lipinski definition) is 11. The second-order valence-electron chi connectivity index (χ2n) is 15.6. The predicted molar refractivity (Wildman–Crippen MR) is 224 cm³/mol. The average Bonchev–Trinajstić information content (AvgIpc) is 3.64. The highest BCUT2D eigenvalue weighted by atomic mass is 16.5. The van der Waals surface area contributed by atoms with Crippen molar-refractivity contribution in [3.8, 4) is 23.0 Å². The van der Waals surface area contributed by atoms with Crippen LogP contribution in [0.2, 0.25) is 0 Å². The van der Waals surface area contributed by atoms with E-state index in [4.69, 9.17) is 14.2 Å². The standard InChI is InChI=1S/C45H43N7O9/c1-25-11-13-27(14-12-25)47-51-40(54)31-22-34-29(39(30-16-15-28(59-3)21-36(30)53)45(31,42(51)56)26-9-7-6-8-10-26)17-20-50-43(57)49(44(58)52(34)50)19-18-32-41(55)48(2)35-24-38(61-5)37(60-4)23-33(35)46-32/h6-17,21,23-24,31,34,39,47,53H,18-20,22H2,1-5H3/t31-,34+,39+,45+/m0/s1. The average molecular weight is 826 g/mol. The van der Waals surface area contributed by atoms with Crippen LogP contribution in [0.4, 0.5) is 5.69 Å². The van der Waals surface area contributed by atoms with Crippen LogP contribution in [0.5, 0.6) is 23.0 Å². The summed E-state index contributed by atoms with van der Waals surface area (Å²) >= 11 is 0. The molecule has 16 nitrogen and oxygen atoms in total. The molecule has 0 radical (unpaired) electrons. The molecule has 0 bridgehead atoms. The van der Waals surface area contributed by atoms with Crippen LogP contribution in [-0.4, -0.2) is 66.7 Å². The minimum Gasteiger partial charge on any atom is -0.508 e. The third kappa shape index (κ3) is 5.87. The Morgan fingerprint density at radius 2 is 1.59 bits per heavy atom. The SMILES string of the molecule is COc1ccc([C@H]2C3=CCn4c(=O)n(CCc5nc6cc(OC)c(OC)cc6n(C)c5=O)c(=O)n4[C@@H]3C[C@H]3C(=O)N(Nc4ccc(C)cc4)C(=O)[C@@]23c2ccccc2)c(O)c1. The first kappa shape index (κ1) is 39.1. The highest BCUT2D eigenvalue weighted by molar-refractivity contribution is 6.12. The van der Waals surface area contributed by atoms with E-state index in [9.17, 15) is 24.3 Å². The Morgan fingerprint density at radius 1 is 0.869 bits per heavy atom. The van der Waals surface area contributed by atoms with E-state index in [1.807, 2.05) is 31.2 Å². The number of anilines is 1. The van der Waals surface area contributed by atoms with Crippen LogP contribution in [0.15, 0.2) is 111 Å². The minimum atomic E-state index is -1.59. The van der Waals surface area contributed by atoms with Crippen molar-refractivity contribution in [3.05, 3.63) is 150 Å². The molecule has 0 unspecified atom stereocenters. The topological polar surface area (TPSA) is 181 Å². The van der Waals surface area contributed by atoms with Gasteiger partial charge >= 0.3 is 11.4 Å². The molecule has 312 valence electrons. The summed E-state index contributed by atoms with van der Waals surface area (Å²) in [5, 5.41) is 12.8. The molecule has 2 fully saturated rings. The summed E-state index contributed by atoms with van der Waals surface area (Å²) in [6.45, 7) is 1.72. The van der Waals surface area contributed by atoms with Crippen molar-refractivity contribution in [3.63, 3.8) is 0 Å². The lowest BCUT2D eigenvalue weighted by atomic mass is 9.53. The molecule has 4 heterocycles. The summed E-state index contributed by atoms with van der Waals surface area (Å²) in [6.07, 6.45) is 1.75. The molecule has 9 rings (SSSR count).